The van der Waals surface area contributed by atoms with Gasteiger partial charge < -0.3 is 5.73 Å². The predicted molar refractivity (Wildman–Crippen MR) is 76.7 cm³/mol. The van der Waals surface area contributed by atoms with Gasteiger partial charge in [0.1, 0.15) is 5.82 Å². The SMILES string of the molecule is NC(Cc1ccc(F)cc1)c1cc2sccc2s1. The molecule has 0 aliphatic carbocycles. The van der Waals surface area contributed by atoms with Gasteiger partial charge >= 0.3 is 0 Å². The molecule has 1 atom stereocenters. The highest BCUT2D eigenvalue weighted by Gasteiger charge is 2.11. The van der Waals surface area contributed by atoms with Crippen molar-refractivity contribution in [1.29, 1.82) is 0 Å². The van der Waals surface area contributed by atoms with Crippen LogP contribution in [0.15, 0.2) is 41.8 Å². The number of thiophene rings is 2. The molecule has 0 saturated heterocycles. The van der Waals surface area contributed by atoms with Crippen LogP contribution in [0.3, 0.4) is 0 Å². The second-order valence-corrected chi connectivity index (χ2v) is 6.30. The first kappa shape index (κ1) is 11.8. The van der Waals surface area contributed by atoms with Crippen molar-refractivity contribution in [3.63, 3.8) is 0 Å². The van der Waals surface area contributed by atoms with Gasteiger partial charge in [-0.05, 0) is 41.6 Å². The van der Waals surface area contributed by atoms with Crippen molar-refractivity contribution in [3.8, 4) is 0 Å². The summed E-state index contributed by atoms with van der Waals surface area (Å²) >= 11 is 3.48. The average molecular weight is 277 g/mol. The summed E-state index contributed by atoms with van der Waals surface area (Å²) in [6.07, 6.45) is 0.744. The maximum Gasteiger partial charge on any atom is 0.123 e. The van der Waals surface area contributed by atoms with Crippen molar-refractivity contribution >= 4 is 32.1 Å². The normalized spacial score (nSPS) is 13.0. The molecule has 0 radical (unpaired) electrons. The summed E-state index contributed by atoms with van der Waals surface area (Å²) in [6.45, 7) is 0. The molecule has 2 aromatic heterocycles. The molecule has 2 heterocycles. The van der Waals surface area contributed by atoms with Gasteiger partial charge in [0.05, 0.1) is 0 Å². The molecule has 0 fully saturated rings. The van der Waals surface area contributed by atoms with E-state index in [0.717, 1.165) is 12.0 Å². The van der Waals surface area contributed by atoms with E-state index >= 15 is 0 Å². The fourth-order valence-electron chi connectivity index (χ4n) is 1.94. The molecule has 0 bridgehead atoms. The fourth-order valence-corrected chi connectivity index (χ4v) is 4.06. The van der Waals surface area contributed by atoms with Crippen molar-refractivity contribution in [1.82, 2.24) is 0 Å². The number of hydrogen-bond donors (Lipinski definition) is 1. The van der Waals surface area contributed by atoms with E-state index in [9.17, 15) is 4.39 Å². The Hall–Kier alpha value is -1.23. The van der Waals surface area contributed by atoms with E-state index in [1.807, 2.05) is 0 Å². The van der Waals surface area contributed by atoms with Crippen molar-refractivity contribution in [2.45, 2.75) is 12.5 Å². The Labute approximate surface area is 113 Å². The molecule has 1 unspecified atom stereocenters. The molecular weight excluding hydrogens is 265 g/mol. The predicted octanol–water partition coefficient (Wildman–Crippen LogP) is 4.34. The van der Waals surface area contributed by atoms with E-state index in [1.165, 1.54) is 26.4 Å². The quantitative estimate of drug-likeness (QED) is 0.757. The van der Waals surface area contributed by atoms with Crippen LogP contribution in [-0.4, -0.2) is 0 Å². The number of hydrogen-bond acceptors (Lipinski definition) is 3. The van der Waals surface area contributed by atoms with Crippen LogP contribution in [0.25, 0.3) is 9.40 Å². The molecule has 3 aromatic rings. The Balaban J connectivity index is 1.80. The second-order valence-electron chi connectivity index (χ2n) is 4.23. The maximum absolute atomic E-state index is 12.8. The van der Waals surface area contributed by atoms with Crippen LogP contribution in [0.4, 0.5) is 4.39 Å². The molecule has 4 heteroatoms. The van der Waals surface area contributed by atoms with Gasteiger partial charge in [0.15, 0.2) is 0 Å². The zero-order valence-corrected chi connectivity index (χ0v) is 11.2. The summed E-state index contributed by atoms with van der Waals surface area (Å²) in [5.74, 6) is -0.205. The first-order chi connectivity index (χ1) is 8.72. The van der Waals surface area contributed by atoms with Crippen LogP contribution >= 0.6 is 22.7 Å². The molecule has 0 saturated carbocycles. The fraction of sp³-hybridized carbons (Fsp3) is 0.143. The Morgan fingerprint density at radius 3 is 2.61 bits per heavy atom. The summed E-state index contributed by atoms with van der Waals surface area (Å²) in [4.78, 5) is 1.20. The molecule has 0 aliphatic heterocycles. The number of fused-ring (bicyclic) bond motifs is 1. The van der Waals surface area contributed by atoms with Crippen LogP contribution in [0.1, 0.15) is 16.5 Å². The number of halogens is 1. The van der Waals surface area contributed by atoms with Crippen molar-refractivity contribution in [3.05, 3.63) is 58.0 Å². The Morgan fingerprint density at radius 1 is 1.11 bits per heavy atom. The van der Waals surface area contributed by atoms with E-state index in [1.54, 1.807) is 34.8 Å². The lowest BCUT2D eigenvalue weighted by Gasteiger charge is -2.09. The zero-order valence-electron chi connectivity index (χ0n) is 9.60. The molecule has 1 nitrogen and oxygen atoms in total. The number of rotatable bonds is 3. The molecule has 18 heavy (non-hydrogen) atoms. The van der Waals surface area contributed by atoms with Gasteiger partial charge in [-0.15, -0.1) is 22.7 Å². The van der Waals surface area contributed by atoms with E-state index in [2.05, 4.69) is 17.5 Å². The second kappa shape index (κ2) is 4.80. The third-order valence-electron chi connectivity index (χ3n) is 2.89. The monoisotopic (exact) mass is 277 g/mol. The summed E-state index contributed by atoms with van der Waals surface area (Å²) in [5.41, 5.74) is 7.28. The Kier molecular flexibility index (Phi) is 3.16. The summed E-state index contributed by atoms with van der Waals surface area (Å²) in [6, 6.07) is 10.8. The molecule has 92 valence electrons. The average Bonchev–Trinajstić information content (AvgIpc) is 2.92. The molecule has 1 aromatic carbocycles. The van der Waals surface area contributed by atoms with E-state index in [4.69, 9.17) is 5.73 Å². The van der Waals surface area contributed by atoms with Crippen LogP contribution in [0, 0.1) is 5.82 Å². The zero-order chi connectivity index (χ0) is 12.5. The smallest absolute Gasteiger partial charge is 0.123 e. The lowest BCUT2D eigenvalue weighted by molar-refractivity contribution is 0.626. The van der Waals surface area contributed by atoms with Gasteiger partial charge in [-0.1, -0.05) is 12.1 Å². The van der Waals surface area contributed by atoms with Crippen LogP contribution in [0.5, 0.6) is 0 Å². The molecule has 0 amide bonds. The van der Waals surface area contributed by atoms with Gasteiger partial charge in [0.2, 0.25) is 0 Å². The van der Waals surface area contributed by atoms with Gasteiger partial charge in [-0.2, -0.15) is 0 Å². The highest BCUT2D eigenvalue weighted by molar-refractivity contribution is 7.26. The third-order valence-corrected chi connectivity index (χ3v) is 5.12. The maximum atomic E-state index is 12.8. The molecule has 3 rings (SSSR count). The lowest BCUT2D eigenvalue weighted by atomic mass is 10.1. The first-order valence-corrected chi connectivity index (χ1v) is 7.39. The van der Waals surface area contributed by atoms with E-state index < -0.39 is 0 Å². The standard InChI is InChI=1S/C14H12FNS2/c15-10-3-1-9(2-4-10)7-11(16)13-8-14-12(18-13)5-6-17-14/h1-6,8,11H,7,16H2. The minimum absolute atomic E-state index is 0.0138. The van der Waals surface area contributed by atoms with Gasteiger partial charge in [-0.3, -0.25) is 0 Å². The largest absolute Gasteiger partial charge is 0.323 e. The Morgan fingerprint density at radius 2 is 1.89 bits per heavy atom. The molecular formula is C14H12FNS2. The van der Waals surface area contributed by atoms with Crippen LogP contribution in [0.2, 0.25) is 0 Å². The van der Waals surface area contributed by atoms with Gasteiger partial charge in [0.25, 0.3) is 0 Å². The van der Waals surface area contributed by atoms with Gasteiger partial charge in [-0.25, -0.2) is 4.39 Å². The van der Waals surface area contributed by atoms with Gasteiger partial charge in [0, 0.05) is 20.3 Å². The molecule has 0 spiro atoms. The summed E-state index contributed by atoms with van der Waals surface area (Å²) in [7, 11) is 0. The third kappa shape index (κ3) is 2.32. The van der Waals surface area contributed by atoms with Crippen molar-refractivity contribution < 1.29 is 4.39 Å². The van der Waals surface area contributed by atoms with Crippen LogP contribution < -0.4 is 5.73 Å². The van der Waals surface area contributed by atoms with E-state index in [0.29, 0.717) is 0 Å². The molecule has 2 N–H and O–H groups in total. The Bertz CT molecular complexity index is 625. The van der Waals surface area contributed by atoms with Crippen molar-refractivity contribution in [2.24, 2.45) is 5.73 Å². The highest BCUT2D eigenvalue weighted by Crippen LogP contribution is 2.33. The minimum atomic E-state index is -0.205. The summed E-state index contributed by atoms with van der Waals surface area (Å²) in [5, 5.41) is 2.09. The highest BCUT2D eigenvalue weighted by atomic mass is 32.1. The first-order valence-electron chi connectivity index (χ1n) is 5.69. The summed E-state index contributed by atoms with van der Waals surface area (Å²) < 4.78 is 15.4. The van der Waals surface area contributed by atoms with Crippen molar-refractivity contribution in [2.75, 3.05) is 0 Å². The van der Waals surface area contributed by atoms with Crippen LogP contribution in [-0.2, 0) is 6.42 Å². The topological polar surface area (TPSA) is 26.0 Å². The number of nitrogens with two attached hydrogens (primary N) is 1. The molecule has 0 aliphatic rings. The lowest BCUT2D eigenvalue weighted by Crippen LogP contribution is -2.11. The number of benzene rings is 1. The minimum Gasteiger partial charge on any atom is -0.323 e. The van der Waals surface area contributed by atoms with E-state index in [-0.39, 0.29) is 11.9 Å².